The maximum Gasteiger partial charge on any atom is 0.138 e. The Morgan fingerprint density at radius 2 is 0.787 bits per heavy atom. The van der Waals surface area contributed by atoms with Crippen LogP contribution in [0.5, 0.6) is 0 Å². The fraction of sp³-hybridized carbons (Fsp3) is 0.0139. The lowest BCUT2D eigenvalue weighted by Gasteiger charge is -2.44. The summed E-state index contributed by atoms with van der Waals surface area (Å²) in [4.78, 5) is 7.93. The molecule has 0 atom stereocenters. The van der Waals surface area contributed by atoms with Gasteiger partial charge < -0.3 is 4.57 Å². The molecule has 15 rings (SSSR count). The van der Waals surface area contributed by atoms with Gasteiger partial charge in [0.05, 0.1) is 33.5 Å². The fourth-order valence-corrected chi connectivity index (χ4v) is 12.5. The van der Waals surface area contributed by atoms with Crippen LogP contribution in [0.4, 0.5) is 17.2 Å². The van der Waals surface area contributed by atoms with E-state index in [4.69, 9.17) is 4.98 Å². The Balaban J connectivity index is 0.873. The highest BCUT2D eigenvalue weighted by molar-refractivity contribution is 6.10. The number of pyridine rings is 1. The smallest absolute Gasteiger partial charge is 0.138 e. The van der Waals surface area contributed by atoms with E-state index >= 15 is 0 Å². The number of benzene rings is 11. The van der Waals surface area contributed by atoms with Crippen LogP contribution in [0.15, 0.2) is 285 Å². The first-order valence-electron chi connectivity index (χ1n) is 25.9. The van der Waals surface area contributed by atoms with Crippen LogP contribution in [0.1, 0.15) is 22.3 Å². The molecule has 75 heavy (non-hydrogen) atoms. The zero-order chi connectivity index (χ0) is 49.5. The van der Waals surface area contributed by atoms with E-state index in [-0.39, 0.29) is 0 Å². The number of hydrogen-bond donors (Lipinski definition) is 0. The molecule has 2 aliphatic rings. The molecule has 0 bridgehead atoms. The minimum Gasteiger partial charge on any atom is -0.309 e. The van der Waals surface area contributed by atoms with Crippen LogP contribution in [0.25, 0.3) is 94.4 Å². The SMILES string of the molecule is c1ccc(-c2cccc(-n3c4ccccc4c4cc(-c5cccc(-c6ccc7c(c6)C6(c8ccccc8-7)c7ccccc7N(c7cc(-c8ccccc8)cc(-c8ccccc8)n7)c7ccccc76)c5)ccc43)c2)cc1. The van der Waals surface area contributed by atoms with Crippen molar-refractivity contribution in [3.05, 3.63) is 307 Å². The molecule has 3 heterocycles. The molecule has 0 unspecified atom stereocenters. The number of para-hydroxylation sites is 3. The molecule has 1 aliphatic heterocycles. The molecular weight excluding hydrogens is 907 g/mol. The van der Waals surface area contributed by atoms with Crippen LogP contribution in [0.3, 0.4) is 0 Å². The number of fused-ring (bicyclic) bond motifs is 12. The first-order chi connectivity index (χ1) is 37.2. The second-order valence-corrected chi connectivity index (χ2v) is 19.8. The van der Waals surface area contributed by atoms with Gasteiger partial charge in [-0.3, -0.25) is 4.90 Å². The minimum atomic E-state index is -0.609. The van der Waals surface area contributed by atoms with Gasteiger partial charge in [0.25, 0.3) is 0 Å². The van der Waals surface area contributed by atoms with E-state index in [1.807, 2.05) is 0 Å². The Kier molecular flexibility index (Phi) is 9.79. The van der Waals surface area contributed by atoms with Gasteiger partial charge in [-0.05, 0) is 145 Å². The summed E-state index contributed by atoms with van der Waals surface area (Å²) in [7, 11) is 0. The summed E-state index contributed by atoms with van der Waals surface area (Å²) in [6.45, 7) is 0. The second kappa shape index (κ2) is 17.2. The average molecular weight is 954 g/mol. The molecule has 0 saturated heterocycles. The Morgan fingerprint density at radius 1 is 0.280 bits per heavy atom. The molecular formula is C72H47N3. The van der Waals surface area contributed by atoms with E-state index in [1.54, 1.807) is 0 Å². The maximum absolute atomic E-state index is 5.53. The summed E-state index contributed by atoms with van der Waals surface area (Å²) in [5.41, 5.74) is 24.1. The maximum atomic E-state index is 5.53. The molecule has 2 aromatic heterocycles. The van der Waals surface area contributed by atoms with Crippen molar-refractivity contribution in [1.82, 2.24) is 9.55 Å². The quantitative estimate of drug-likeness (QED) is 0.159. The molecule has 350 valence electrons. The minimum absolute atomic E-state index is 0.609. The van der Waals surface area contributed by atoms with Gasteiger partial charge in [-0.25, -0.2) is 4.98 Å². The standard InChI is InChI=1S/C72H47N3/c1-4-20-48(21-5-1)53-28-19-29-57(43-53)74-67-35-15-11-31-60(67)61-44-54(39-41-68(61)74)51-26-18-27-52(42-51)55-38-40-59-58-30-10-12-32-62(58)72(65(59)45-55)63-33-13-16-36-69(63)75(70-37-17-14-34-64(70)72)71-47-56(49-22-6-2-7-23-49)46-66(73-71)50-24-8-3-9-25-50/h1-47H. The Hall–Kier alpha value is -9.83. The van der Waals surface area contributed by atoms with E-state index in [1.165, 1.54) is 88.6 Å². The molecule has 0 radical (unpaired) electrons. The predicted octanol–water partition coefficient (Wildman–Crippen LogP) is 18.7. The van der Waals surface area contributed by atoms with E-state index in [0.717, 1.165) is 45.3 Å². The zero-order valence-electron chi connectivity index (χ0n) is 41.0. The van der Waals surface area contributed by atoms with Crippen LogP contribution >= 0.6 is 0 Å². The number of anilines is 3. The molecule has 1 spiro atoms. The summed E-state index contributed by atoms with van der Waals surface area (Å²) in [5, 5.41) is 2.47. The van der Waals surface area contributed by atoms with Crippen molar-refractivity contribution in [2.24, 2.45) is 0 Å². The van der Waals surface area contributed by atoms with E-state index in [0.29, 0.717) is 0 Å². The van der Waals surface area contributed by atoms with Gasteiger partial charge in [-0.1, -0.05) is 218 Å². The third-order valence-corrected chi connectivity index (χ3v) is 15.8. The van der Waals surface area contributed by atoms with Crippen molar-refractivity contribution < 1.29 is 0 Å². The summed E-state index contributed by atoms with van der Waals surface area (Å²) in [6.07, 6.45) is 0. The van der Waals surface area contributed by atoms with Crippen LogP contribution < -0.4 is 4.90 Å². The Bertz CT molecular complexity index is 4260. The highest BCUT2D eigenvalue weighted by atomic mass is 15.2. The highest BCUT2D eigenvalue weighted by Gasteiger charge is 2.52. The molecule has 0 fully saturated rings. The van der Waals surface area contributed by atoms with Gasteiger partial charge in [0.1, 0.15) is 5.82 Å². The zero-order valence-corrected chi connectivity index (χ0v) is 41.0. The topological polar surface area (TPSA) is 21.1 Å². The first-order valence-corrected chi connectivity index (χ1v) is 25.9. The molecule has 13 aromatic rings. The van der Waals surface area contributed by atoms with Crippen molar-refractivity contribution in [3.63, 3.8) is 0 Å². The van der Waals surface area contributed by atoms with E-state index in [2.05, 4.69) is 295 Å². The molecule has 3 nitrogen and oxygen atoms in total. The molecule has 0 N–H and O–H groups in total. The number of rotatable bonds is 7. The van der Waals surface area contributed by atoms with Crippen molar-refractivity contribution in [1.29, 1.82) is 0 Å². The summed E-state index contributed by atoms with van der Waals surface area (Å²) >= 11 is 0. The second-order valence-electron chi connectivity index (χ2n) is 19.8. The van der Waals surface area contributed by atoms with Crippen molar-refractivity contribution in [3.8, 4) is 72.6 Å². The summed E-state index contributed by atoms with van der Waals surface area (Å²) in [6, 6.07) is 104. The van der Waals surface area contributed by atoms with Crippen molar-refractivity contribution in [2.45, 2.75) is 5.41 Å². The first kappa shape index (κ1) is 42.8. The van der Waals surface area contributed by atoms with Gasteiger partial charge in [0, 0.05) is 22.0 Å². The number of hydrogen-bond acceptors (Lipinski definition) is 2. The third-order valence-electron chi connectivity index (χ3n) is 15.8. The fourth-order valence-electron chi connectivity index (χ4n) is 12.5. The van der Waals surface area contributed by atoms with Crippen LogP contribution in [0.2, 0.25) is 0 Å². The van der Waals surface area contributed by atoms with Crippen molar-refractivity contribution in [2.75, 3.05) is 4.90 Å². The van der Waals surface area contributed by atoms with E-state index < -0.39 is 5.41 Å². The van der Waals surface area contributed by atoms with E-state index in [9.17, 15) is 0 Å². The lowest BCUT2D eigenvalue weighted by atomic mass is 9.64. The monoisotopic (exact) mass is 953 g/mol. The van der Waals surface area contributed by atoms with Gasteiger partial charge in [-0.15, -0.1) is 0 Å². The largest absolute Gasteiger partial charge is 0.309 e. The van der Waals surface area contributed by atoms with Crippen LogP contribution in [0, 0.1) is 0 Å². The third kappa shape index (κ3) is 6.72. The van der Waals surface area contributed by atoms with Gasteiger partial charge in [0.2, 0.25) is 0 Å². The number of nitrogens with zero attached hydrogens (tertiary/aromatic N) is 3. The molecule has 1 aliphatic carbocycles. The van der Waals surface area contributed by atoms with Gasteiger partial charge in [0.15, 0.2) is 0 Å². The normalized spacial score (nSPS) is 12.9. The van der Waals surface area contributed by atoms with Crippen LogP contribution in [-0.2, 0) is 5.41 Å². The molecule has 0 saturated carbocycles. The van der Waals surface area contributed by atoms with Crippen molar-refractivity contribution >= 4 is 39.0 Å². The number of aromatic nitrogens is 2. The molecule has 3 heteroatoms. The lowest BCUT2D eigenvalue weighted by Crippen LogP contribution is -2.36. The molecule has 0 amide bonds. The average Bonchev–Trinajstić information content (AvgIpc) is 4.18. The Labute approximate surface area is 436 Å². The van der Waals surface area contributed by atoms with Gasteiger partial charge in [-0.2, -0.15) is 0 Å². The van der Waals surface area contributed by atoms with Gasteiger partial charge >= 0.3 is 0 Å². The summed E-state index contributed by atoms with van der Waals surface area (Å²) < 4.78 is 2.41. The summed E-state index contributed by atoms with van der Waals surface area (Å²) in [5.74, 6) is 0.877. The molecule has 11 aromatic carbocycles. The van der Waals surface area contributed by atoms with Crippen LogP contribution in [-0.4, -0.2) is 9.55 Å². The Morgan fingerprint density at radius 3 is 1.51 bits per heavy atom. The lowest BCUT2D eigenvalue weighted by molar-refractivity contribution is 0.751. The highest BCUT2D eigenvalue weighted by Crippen LogP contribution is 2.63. The predicted molar refractivity (Wildman–Crippen MR) is 311 cm³/mol.